The molecular formula is C14H20O. The largest absolute Gasteiger partial charge is 0.299 e. The Morgan fingerprint density at radius 2 is 2.00 bits per heavy atom. The van der Waals surface area contributed by atoms with Crippen molar-refractivity contribution in [3.8, 4) is 0 Å². The summed E-state index contributed by atoms with van der Waals surface area (Å²) in [5.74, 6) is 1.21. The van der Waals surface area contributed by atoms with Crippen LogP contribution < -0.4 is 0 Å². The molecule has 0 saturated carbocycles. The molecule has 1 atom stereocenters. The lowest BCUT2D eigenvalue weighted by Crippen LogP contribution is -2.12. The van der Waals surface area contributed by atoms with Crippen LogP contribution in [0.25, 0.3) is 0 Å². The lowest BCUT2D eigenvalue weighted by atomic mass is 9.88. The Morgan fingerprint density at radius 1 is 1.33 bits per heavy atom. The lowest BCUT2D eigenvalue weighted by molar-refractivity contribution is -0.119. The molecule has 0 aromatic rings. The Morgan fingerprint density at radius 3 is 2.67 bits per heavy atom. The van der Waals surface area contributed by atoms with Gasteiger partial charge >= 0.3 is 0 Å². The third kappa shape index (κ3) is 4.28. The molecule has 0 aromatic carbocycles. The van der Waals surface area contributed by atoms with Gasteiger partial charge in [-0.25, -0.2) is 0 Å². The van der Waals surface area contributed by atoms with E-state index in [0.29, 0.717) is 30.5 Å². The van der Waals surface area contributed by atoms with Gasteiger partial charge < -0.3 is 0 Å². The number of rotatable bonds is 1. The molecule has 0 spiro atoms. The van der Waals surface area contributed by atoms with Crippen LogP contribution in [0.2, 0.25) is 0 Å². The van der Waals surface area contributed by atoms with Crippen molar-refractivity contribution in [2.75, 3.05) is 0 Å². The second-order valence-electron chi connectivity index (χ2n) is 4.55. The maximum absolute atomic E-state index is 11.6. The number of hydrogen-bond acceptors (Lipinski definition) is 1. The SMILES string of the molecule is C=C1C=CC(C(C)C)CC(=O)CC=CC1. The van der Waals surface area contributed by atoms with Crippen LogP contribution in [0.1, 0.15) is 33.1 Å². The quantitative estimate of drug-likeness (QED) is 0.595. The summed E-state index contributed by atoms with van der Waals surface area (Å²) in [6.07, 6.45) is 10.3. The van der Waals surface area contributed by atoms with Crippen molar-refractivity contribution in [2.45, 2.75) is 33.1 Å². The summed E-state index contributed by atoms with van der Waals surface area (Å²) in [5, 5.41) is 0. The van der Waals surface area contributed by atoms with Crippen LogP contribution in [0.3, 0.4) is 0 Å². The summed E-state index contributed by atoms with van der Waals surface area (Å²) >= 11 is 0. The topological polar surface area (TPSA) is 17.1 Å². The van der Waals surface area contributed by atoms with E-state index in [4.69, 9.17) is 0 Å². The Hall–Kier alpha value is -1.11. The average molecular weight is 204 g/mol. The monoisotopic (exact) mass is 204 g/mol. The molecule has 15 heavy (non-hydrogen) atoms. The summed E-state index contributed by atoms with van der Waals surface area (Å²) in [6, 6.07) is 0. The van der Waals surface area contributed by atoms with Gasteiger partial charge in [-0.1, -0.05) is 50.3 Å². The minimum absolute atomic E-state index is 0.335. The molecule has 82 valence electrons. The molecule has 0 aliphatic heterocycles. The number of allylic oxidation sites excluding steroid dienone is 5. The zero-order chi connectivity index (χ0) is 11.3. The van der Waals surface area contributed by atoms with Gasteiger partial charge in [0.15, 0.2) is 0 Å². The lowest BCUT2D eigenvalue weighted by Gasteiger charge is -2.16. The fourth-order valence-electron chi connectivity index (χ4n) is 1.65. The number of Topliss-reactive ketones (excluding diaryl/α,β-unsaturated/α-hetero) is 1. The molecule has 0 amide bonds. The molecule has 1 rings (SSSR count). The van der Waals surface area contributed by atoms with Gasteiger partial charge in [-0.2, -0.15) is 0 Å². The van der Waals surface area contributed by atoms with Crippen molar-refractivity contribution in [3.63, 3.8) is 0 Å². The third-order valence-corrected chi connectivity index (χ3v) is 2.79. The van der Waals surface area contributed by atoms with Crippen molar-refractivity contribution in [1.82, 2.24) is 0 Å². The van der Waals surface area contributed by atoms with Crippen LogP contribution >= 0.6 is 0 Å². The van der Waals surface area contributed by atoms with Crippen LogP contribution in [0.5, 0.6) is 0 Å². The van der Waals surface area contributed by atoms with E-state index in [-0.39, 0.29) is 0 Å². The molecule has 1 nitrogen and oxygen atoms in total. The highest BCUT2D eigenvalue weighted by atomic mass is 16.1. The van der Waals surface area contributed by atoms with Crippen molar-refractivity contribution >= 4 is 5.78 Å². The van der Waals surface area contributed by atoms with E-state index in [1.165, 1.54) is 0 Å². The highest BCUT2D eigenvalue weighted by Crippen LogP contribution is 2.20. The summed E-state index contributed by atoms with van der Waals surface area (Å²) < 4.78 is 0. The highest BCUT2D eigenvalue weighted by molar-refractivity contribution is 5.80. The molecule has 0 fully saturated rings. The van der Waals surface area contributed by atoms with Gasteiger partial charge in [0, 0.05) is 12.8 Å². The van der Waals surface area contributed by atoms with Crippen LogP contribution in [-0.4, -0.2) is 5.78 Å². The van der Waals surface area contributed by atoms with Gasteiger partial charge in [-0.3, -0.25) is 4.79 Å². The summed E-state index contributed by atoms with van der Waals surface area (Å²) in [5.41, 5.74) is 1.12. The average Bonchev–Trinajstić information content (AvgIpc) is 2.18. The predicted molar refractivity (Wildman–Crippen MR) is 64.6 cm³/mol. The van der Waals surface area contributed by atoms with Crippen LogP contribution in [0, 0.1) is 11.8 Å². The van der Waals surface area contributed by atoms with Crippen LogP contribution in [-0.2, 0) is 4.79 Å². The first-order valence-corrected chi connectivity index (χ1v) is 5.62. The van der Waals surface area contributed by atoms with Crippen molar-refractivity contribution in [3.05, 3.63) is 36.5 Å². The molecule has 1 aliphatic carbocycles. The minimum atomic E-state index is 0.335. The second-order valence-corrected chi connectivity index (χ2v) is 4.55. The van der Waals surface area contributed by atoms with Gasteiger partial charge in [0.05, 0.1) is 0 Å². The van der Waals surface area contributed by atoms with E-state index in [1.54, 1.807) is 0 Å². The van der Waals surface area contributed by atoms with Gasteiger partial charge in [-0.15, -0.1) is 0 Å². The second kappa shape index (κ2) is 5.69. The van der Waals surface area contributed by atoms with E-state index >= 15 is 0 Å². The maximum atomic E-state index is 11.6. The summed E-state index contributed by atoms with van der Waals surface area (Å²) in [7, 11) is 0. The zero-order valence-corrected chi connectivity index (χ0v) is 9.70. The van der Waals surface area contributed by atoms with Gasteiger partial charge in [0.25, 0.3) is 0 Å². The molecule has 1 heteroatoms. The normalized spacial score (nSPS) is 23.5. The number of carbonyl (C=O) groups is 1. The maximum Gasteiger partial charge on any atom is 0.137 e. The standard InChI is InChI=1S/C14H20O/c1-11(2)13-9-8-12(3)6-4-5-7-14(15)10-13/h4-5,8-9,11,13H,3,6-7,10H2,1-2H3. The number of hydrogen-bond donors (Lipinski definition) is 0. The van der Waals surface area contributed by atoms with Crippen LogP contribution in [0.15, 0.2) is 36.5 Å². The van der Waals surface area contributed by atoms with Crippen molar-refractivity contribution in [1.29, 1.82) is 0 Å². The Bertz CT molecular complexity index is 294. The summed E-state index contributed by atoms with van der Waals surface area (Å²) in [4.78, 5) is 11.6. The predicted octanol–water partition coefficient (Wildman–Crippen LogP) is 3.68. The number of carbonyl (C=O) groups excluding carboxylic acids is 1. The Labute approximate surface area is 92.6 Å². The van der Waals surface area contributed by atoms with E-state index in [0.717, 1.165) is 12.0 Å². The first-order chi connectivity index (χ1) is 7.09. The van der Waals surface area contributed by atoms with E-state index < -0.39 is 0 Å². The molecule has 0 bridgehead atoms. The molecular weight excluding hydrogens is 184 g/mol. The fraction of sp³-hybridized carbons (Fsp3) is 0.500. The number of ketones is 1. The molecule has 0 aromatic heterocycles. The van der Waals surface area contributed by atoms with E-state index in [2.05, 4.69) is 32.6 Å². The summed E-state index contributed by atoms with van der Waals surface area (Å²) in [6.45, 7) is 8.30. The fourth-order valence-corrected chi connectivity index (χ4v) is 1.65. The van der Waals surface area contributed by atoms with Gasteiger partial charge in [0.1, 0.15) is 5.78 Å². The third-order valence-electron chi connectivity index (χ3n) is 2.79. The minimum Gasteiger partial charge on any atom is -0.299 e. The molecule has 1 aliphatic rings. The molecule has 0 heterocycles. The molecule has 1 unspecified atom stereocenters. The first kappa shape index (κ1) is 12.0. The Balaban J connectivity index is 2.76. The molecule has 0 saturated heterocycles. The highest BCUT2D eigenvalue weighted by Gasteiger charge is 2.14. The first-order valence-electron chi connectivity index (χ1n) is 5.62. The van der Waals surface area contributed by atoms with Gasteiger partial charge in [0.2, 0.25) is 0 Å². The van der Waals surface area contributed by atoms with E-state index in [1.807, 2.05) is 12.2 Å². The van der Waals surface area contributed by atoms with Crippen molar-refractivity contribution in [2.24, 2.45) is 11.8 Å². The van der Waals surface area contributed by atoms with E-state index in [9.17, 15) is 4.79 Å². The van der Waals surface area contributed by atoms with Gasteiger partial charge in [-0.05, 0) is 18.3 Å². The smallest absolute Gasteiger partial charge is 0.137 e. The molecule has 0 N–H and O–H groups in total. The van der Waals surface area contributed by atoms with Crippen LogP contribution in [0.4, 0.5) is 0 Å². The Kier molecular flexibility index (Phi) is 4.54. The molecule has 0 radical (unpaired) electrons. The zero-order valence-electron chi connectivity index (χ0n) is 9.70. The van der Waals surface area contributed by atoms with Crippen molar-refractivity contribution < 1.29 is 4.79 Å².